The van der Waals surface area contributed by atoms with Crippen molar-refractivity contribution in [2.45, 2.75) is 17.4 Å². The van der Waals surface area contributed by atoms with E-state index in [9.17, 15) is 22.4 Å². The quantitative estimate of drug-likeness (QED) is 0.403. The summed E-state index contributed by atoms with van der Waals surface area (Å²) in [7, 11) is -3.87. The maximum Gasteiger partial charge on any atom is 0.408 e. The highest BCUT2D eigenvalue weighted by atomic mass is 32.2. The van der Waals surface area contributed by atoms with E-state index in [1.165, 1.54) is 6.08 Å². The van der Waals surface area contributed by atoms with E-state index in [0.29, 0.717) is 16.5 Å². The highest BCUT2D eigenvalue weighted by Crippen LogP contribution is 2.38. The first kappa shape index (κ1) is 21.8. The van der Waals surface area contributed by atoms with Crippen LogP contribution in [0.25, 0.3) is 27.8 Å². The lowest BCUT2D eigenvalue weighted by Crippen LogP contribution is -2.41. The van der Waals surface area contributed by atoms with Crippen LogP contribution in [0, 0.1) is 0 Å². The molecule has 5 rings (SSSR count). The summed E-state index contributed by atoms with van der Waals surface area (Å²) in [5.41, 5.74) is 1.97. The summed E-state index contributed by atoms with van der Waals surface area (Å²) in [5, 5.41) is 4.36. The summed E-state index contributed by atoms with van der Waals surface area (Å²) >= 11 is 0. The average molecular weight is 479 g/mol. The van der Waals surface area contributed by atoms with Gasteiger partial charge in [0.2, 0.25) is 9.84 Å². The largest absolute Gasteiger partial charge is 0.444 e. The molecular weight excluding hydrogens is 459 g/mol. The third kappa shape index (κ3) is 3.84. The lowest BCUT2D eigenvalue weighted by Gasteiger charge is -2.14. The van der Waals surface area contributed by atoms with Gasteiger partial charge in [0.1, 0.15) is 12.6 Å². The lowest BCUT2D eigenvalue weighted by molar-refractivity contribution is -0.131. The Morgan fingerprint density at radius 1 is 1.00 bits per heavy atom. The van der Waals surface area contributed by atoms with E-state index in [1.807, 2.05) is 42.5 Å². The summed E-state index contributed by atoms with van der Waals surface area (Å²) in [5.74, 6) is 0. The standard InChI is InChI=1S/C25H19FN2O5S/c26-24(29)22(12-17-13-27-21-8-4-3-6-19(17)21)28-25(30)33-14-18-11-16-10-9-15-5-1-2-7-20(15)23(16)34(18,31)32/h1-11,13,22,27H,12,14H2,(H,28,30)/t22-/m0/s1. The van der Waals surface area contributed by atoms with Crippen molar-refractivity contribution in [3.05, 3.63) is 82.9 Å². The summed E-state index contributed by atoms with van der Waals surface area (Å²) in [6.07, 6.45) is 1.92. The van der Waals surface area contributed by atoms with Crippen LogP contribution in [0.2, 0.25) is 0 Å². The molecular formula is C25H19FN2O5S. The van der Waals surface area contributed by atoms with Crippen LogP contribution in [0.15, 0.2) is 76.7 Å². The van der Waals surface area contributed by atoms with Crippen molar-refractivity contribution < 1.29 is 27.1 Å². The molecule has 3 aromatic carbocycles. The van der Waals surface area contributed by atoms with Crippen LogP contribution in [0.4, 0.5) is 9.18 Å². The van der Waals surface area contributed by atoms with E-state index in [0.717, 1.165) is 16.3 Å². The van der Waals surface area contributed by atoms with E-state index in [2.05, 4.69) is 10.3 Å². The van der Waals surface area contributed by atoms with Crippen molar-refractivity contribution in [1.82, 2.24) is 10.3 Å². The second kappa shape index (κ2) is 8.42. The number of halogens is 1. The molecule has 0 radical (unpaired) electrons. The number of carbonyl (C=O) groups is 2. The van der Waals surface area contributed by atoms with Crippen molar-refractivity contribution in [2.24, 2.45) is 0 Å². The van der Waals surface area contributed by atoms with Crippen molar-refractivity contribution in [3.63, 3.8) is 0 Å². The maximum atomic E-state index is 13.7. The number of ether oxygens (including phenoxy) is 1. The van der Waals surface area contributed by atoms with Gasteiger partial charge in [-0.1, -0.05) is 54.6 Å². The van der Waals surface area contributed by atoms with Crippen LogP contribution < -0.4 is 5.32 Å². The topological polar surface area (TPSA) is 105 Å². The fourth-order valence-electron chi connectivity index (χ4n) is 4.20. The predicted octanol–water partition coefficient (Wildman–Crippen LogP) is 4.28. The molecule has 9 heteroatoms. The van der Waals surface area contributed by atoms with Gasteiger partial charge in [0.15, 0.2) is 0 Å². The van der Waals surface area contributed by atoms with Crippen LogP contribution >= 0.6 is 0 Å². The number of fused-ring (bicyclic) bond motifs is 4. The van der Waals surface area contributed by atoms with Crippen LogP contribution in [-0.2, 0) is 25.8 Å². The van der Waals surface area contributed by atoms with Gasteiger partial charge >= 0.3 is 12.1 Å². The fourth-order valence-corrected chi connectivity index (χ4v) is 5.87. The molecule has 2 heterocycles. The molecule has 1 atom stereocenters. The zero-order valence-electron chi connectivity index (χ0n) is 17.7. The summed E-state index contributed by atoms with van der Waals surface area (Å²) in [4.78, 5) is 26.9. The molecule has 0 fully saturated rings. The molecule has 0 spiro atoms. The molecule has 1 aromatic heterocycles. The van der Waals surface area contributed by atoms with Gasteiger partial charge in [-0.2, -0.15) is 4.39 Å². The number of rotatable bonds is 6. The van der Waals surface area contributed by atoms with Crippen molar-refractivity contribution in [3.8, 4) is 0 Å². The minimum Gasteiger partial charge on any atom is -0.444 e. The third-order valence-electron chi connectivity index (χ3n) is 5.85. The Balaban J connectivity index is 1.29. The van der Waals surface area contributed by atoms with E-state index in [4.69, 9.17) is 4.74 Å². The van der Waals surface area contributed by atoms with Crippen molar-refractivity contribution >= 4 is 49.7 Å². The molecule has 1 amide bonds. The molecule has 0 saturated heterocycles. The average Bonchev–Trinajstić information content (AvgIpc) is 3.35. The number of H-pyrrole nitrogens is 1. The van der Waals surface area contributed by atoms with Crippen LogP contribution in [0.5, 0.6) is 0 Å². The number of amides is 1. The highest BCUT2D eigenvalue weighted by molar-refractivity contribution is 7.96. The van der Waals surface area contributed by atoms with Crippen LogP contribution in [-0.4, -0.2) is 38.2 Å². The molecule has 1 aliphatic heterocycles. The predicted molar refractivity (Wildman–Crippen MR) is 126 cm³/mol. The van der Waals surface area contributed by atoms with Gasteiger partial charge in [-0.25, -0.2) is 13.2 Å². The number of hydrogen-bond donors (Lipinski definition) is 2. The Labute approximate surface area is 194 Å². The Kier molecular flexibility index (Phi) is 5.41. The van der Waals surface area contributed by atoms with E-state index in [1.54, 1.807) is 24.4 Å². The molecule has 172 valence electrons. The Hall–Kier alpha value is -3.98. The SMILES string of the molecule is O=C(N[C@@H](Cc1c[nH]c2ccccc12)C(=O)F)OCC1=Cc2ccc3ccccc3c2S1(=O)=O. The normalized spacial score (nSPS) is 15.0. The molecule has 2 N–H and O–H groups in total. The zero-order valence-corrected chi connectivity index (χ0v) is 18.6. The molecule has 7 nitrogen and oxygen atoms in total. The first-order valence-electron chi connectivity index (χ1n) is 10.5. The van der Waals surface area contributed by atoms with E-state index >= 15 is 0 Å². The summed E-state index contributed by atoms with van der Waals surface area (Å²) < 4.78 is 44.9. The van der Waals surface area contributed by atoms with Crippen LogP contribution in [0.3, 0.4) is 0 Å². The first-order chi connectivity index (χ1) is 16.3. The molecule has 1 aliphatic rings. The number of sulfone groups is 1. The lowest BCUT2D eigenvalue weighted by atomic mass is 10.1. The van der Waals surface area contributed by atoms with Gasteiger partial charge in [0.05, 0.1) is 9.80 Å². The molecule has 34 heavy (non-hydrogen) atoms. The van der Waals surface area contributed by atoms with Gasteiger partial charge in [-0.15, -0.1) is 0 Å². The minimum absolute atomic E-state index is 0.0891. The van der Waals surface area contributed by atoms with Crippen molar-refractivity contribution in [1.29, 1.82) is 0 Å². The Bertz CT molecular complexity index is 1590. The Morgan fingerprint density at radius 3 is 2.53 bits per heavy atom. The number of benzene rings is 3. The summed E-state index contributed by atoms with van der Waals surface area (Å²) in [6, 6.07) is 14.7. The molecule has 0 saturated carbocycles. The summed E-state index contributed by atoms with van der Waals surface area (Å²) in [6.45, 7) is -0.544. The number of para-hydroxylation sites is 1. The molecule has 0 unspecified atom stereocenters. The number of aromatic nitrogens is 1. The van der Waals surface area contributed by atoms with Crippen molar-refractivity contribution in [2.75, 3.05) is 6.61 Å². The molecule has 0 aliphatic carbocycles. The van der Waals surface area contributed by atoms with Gasteiger partial charge in [-0.3, -0.25) is 4.79 Å². The number of aromatic amines is 1. The van der Waals surface area contributed by atoms with E-state index < -0.39 is 34.6 Å². The smallest absolute Gasteiger partial charge is 0.408 e. The number of alkyl carbamates (subject to hydrolysis) is 1. The van der Waals surface area contributed by atoms with Crippen LogP contribution in [0.1, 0.15) is 11.1 Å². The van der Waals surface area contributed by atoms with Gasteiger partial charge in [0.25, 0.3) is 0 Å². The highest BCUT2D eigenvalue weighted by Gasteiger charge is 2.32. The first-order valence-corrected chi connectivity index (χ1v) is 12.0. The number of hydrogen-bond acceptors (Lipinski definition) is 5. The zero-order chi connectivity index (χ0) is 23.9. The minimum atomic E-state index is -3.87. The fraction of sp³-hybridized carbons (Fsp3) is 0.120. The Morgan fingerprint density at radius 2 is 1.74 bits per heavy atom. The van der Waals surface area contributed by atoms with E-state index in [-0.39, 0.29) is 16.2 Å². The number of carbonyl (C=O) groups excluding carboxylic acids is 2. The maximum absolute atomic E-state index is 13.7. The van der Waals surface area contributed by atoms with Gasteiger partial charge in [0, 0.05) is 28.9 Å². The molecule has 4 aromatic rings. The second-order valence-corrected chi connectivity index (χ2v) is 9.90. The monoisotopic (exact) mass is 478 g/mol. The van der Waals surface area contributed by atoms with Gasteiger partial charge in [-0.05, 0) is 28.7 Å². The van der Waals surface area contributed by atoms with Gasteiger partial charge < -0.3 is 15.0 Å². The second-order valence-electron chi connectivity index (χ2n) is 7.96. The third-order valence-corrected chi connectivity index (χ3v) is 7.77. The number of nitrogens with one attached hydrogen (secondary N) is 2. The molecule has 0 bridgehead atoms.